The molecule has 6 nitrogen and oxygen atoms in total. The number of ether oxygens (including phenoxy) is 2. The molecule has 0 unspecified atom stereocenters. The first-order valence-corrected chi connectivity index (χ1v) is 9.87. The van der Waals surface area contributed by atoms with Crippen LogP contribution in [0, 0.1) is 5.82 Å². The number of carbonyl (C=O) groups is 1. The summed E-state index contributed by atoms with van der Waals surface area (Å²) in [5, 5.41) is 0.876. The molecule has 0 aliphatic carbocycles. The number of likely N-dealkylation sites (tertiary alicyclic amines) is 1. The quantitative estimate of drug-likeness (QED) is 0.705. The SMILES string of the molecule is COc1cc2cc(N)c(C3CCN(C(=O)c4ccccc4F)CC3)nc2cc1OC. The smallest absolute Gasteiger partial charge is 0.256 e. The topological polar surface area (TPSA) is 77.7 Å². The number of anilines is 1. The van der Waals surface area contributed by atoms with E-state index >= 15 is 0 Å². The van der Waals surface area contributed by atoms with Gasteiger partial charge in [0.15, 0.2) is 11.5 Å². The Balaban J connectivity index is 1.55. The first kappa shape index (κ1) is 19.9. The van der Waals surface area contributed by atoms with Crippen molar-refractivity contribution < 1.29 is 18.7 Å². The number of hydrogen-bond acceptors (Lipinski definition) is 5. The fourth-order valence-corrected chi connectivity index (χ4v) is 4.02. The number of nitrogens with two attached hydrogens (primary N) is 1. The maximum atomic E-state index is 14.0. The highest BCUT2D eigenvalue weighted by atomic mass is 19.1. The summed E-state index contributed by atoms with van der Waals surface area (Å²) in [6.07, 6.45) is 1.44. The molecule has 0 bridgehead atoms. The number of piperidine rings is 1. The molecule has 4 rings (SSSR count). The van der Waals surface area contributed by atoms with E-state index < -0.39 is 5.82 Å². The van der Waals surface area contributed by atoms with Crippen LogP contribution in [0.2, 0.25) is 0 Å². The van der Waals surface area contributed by atoms with Crippen LogP contribution in [0.1, 0.15) is 34.8 Å². The van der Waals surface area contributed by atoms with Crippen LogP contribution in [0.3, 0.4) is 0 Å². The first-order chi connectivity index (χ1) is 14.5. The molecular formula is C23H24FN3O3. The van der Waals surface area contributed by atoms with Gasteiger partial charge < -0.3 is 20.1 Å². The van der Waals surface area contributed by atoms with Crippen molar-refractivity contribution in [2.24, 2.45) is 0 Å². The molecular weight excluding hydrogens is 385 g/mol. The summed E-state index contributed by atoms with van der Waals surface area (Å²) < 4.78 is 24.7. The van der Waals surface area contributed by atoms with Crippen LogP contribution >= 0.6 is 0 Å². The van der Waals surface area contributed by atoms with Gasteiger partial charge in [-0.25, -0.2) is 4.39 Å². The van der Waals surface area contributed by atoms with Crippen molar-refractivity contribution in [3.05, 3.63) is 59.5 Å². The molecule has 3 aromatic rings. The minimum atomic E-state index is -0.491. The summed E-state index contributed by atoms with van der Waals surface area (Å²) in [6.45, 7) is 1.06. The van der Waals surface area contributed by atoms with E-state index in [-0.39, 0.29) is 17.4 Å². The minimum absolute atomic E-state index is 0.111. The second-order valence-corrected chi connectivity index (χ2v) is 7.41. The van der Waals surface area contributed by atoms with Gasteiger partial charge in [-0.2, -0.15) is 0 Å². The van der Waals surface area contributed by atoms with Crippen LogP contribution in [0.5, 0.6) is 11.5 Å². The van der Waals surface area contributed by atoms with Crippen molar-refractivity contribution >= 4 is 22.5 Å². The molecule has 156 valence electrons. The van der Waals surface area contributed by atoms with Gasteiger partial charge in [0.25, 0.3) is 5.91 Å². The molecule has 0 atom stereocenters. The maximum Gasteiger partial charge on any atom is 0.256 e. The number of aromatic nitrogens is 1. The van der Waals surface area contributed by atoms with Gasteiger partial charge in [-0.05, 0) is 37.1 Å². The number of benzene rings is 2. The molecule has 2 heterocycles. The second-order valence-electron chi connectivity index (χ2n) is 7.41. The summed E-state index contributed by atoms with van der Waals surface area (Å²) in [6, 6.07) is 11.7. The number of methoxy groups -OCH3 is 2. The van der Waals surface area contributed by atoms with Gasteiger partial charge in [-0.3, -0.25) is 9.78 Å². The Hall–Kier alpha value is -3.35. The van der Waals surface area contributed by atoms with Crippen molar-refractivity contribution in [1.82, 2.24) is 9.88 Å². The molecule has 1 aliphatic heterocycles. The Bertz CT molecular complexity index is 1090. The number of hydrogen-bond donors (Lipinski definition) is 1. The van der Waals surface area contributed by atoms with E-state index in [2.05, 4.69) is 0 Å². The molecule has 1 amide bonds. The van der Waals surface area contributed by atoms with E-state index in [0.29, 0.717) is 30.3 Å². The van der Waals surface area contributed by atoms with Crippen molar-refractivity contribution in [3.63, 3.8) is 0 Å². The normalized spacial score (nSPS) is 14.7. The summed E-state index contributed by atoms with van der Waals surface area (Å²) in [5.41, 5.74) is 8.66. The van der Waals surface area contributed by atoms with E-state index in [1.165, 1.54) is 12.1 Å². The molecule has 7 heteroatoms. The van der Waals surface area contributed by atoms with Gasteiger partial charge in [0, 0.05) is 30.5 Å². The van der Waals surface area contributed by atoms with Gasteiger partial charge in [-0.1, -0.05) is 12.1 Å². The van der Waals surface area contributed by atoms with Gasteiger partial charge >= 0.3 is 0 Å². The van der Waals surface area contributed by atoms with Crippen LogP contribution < -0.4 is 15.2 Å². The maximum absolute atomic E-state index is 14.0. The van der Waals surface area contributed by atoms with Crippen LogP contribution in [0.25, 0.3) is 10.9 Å². The van der Waals surface area contributed by atoms with Crippen LogP contribution in [0.4, 0.5) is 10.1 Å². The van der Waals surface area contributed by atoms with Crippen LogP contribution in [-0.2, 0) is 0 Å². The van der Waals surface area contributed by atoms with Crippen molar-refractivity contribution in [2.75, 3.05) is 33.0 Å². The third kappa shape index (κ3) is 3.63. The van der Waals surface area contributed by atoms with Gasteiger partial charge in [0.05, 0.1) is 36.7 Å². The Morgan fingerprint density at radius 2 is 1.77 bits per heavy atom. The lowest BCUT2D eigenvalue weighted by Crippen LogP contribution is -2.38. The van der Waals surface area contributed by atoms with E-state index in [9.17, 15) is 9.18 Å². The minimum Gasteiger partial charge on any atom is -0.493 e. The molecule has 0 radical (unpaired) electrons. The summed E-state index contributed by atoms with van der Waals surface area (Å²) >= 11 is 0. The summed E-state index contributed by atoms with van der Waals surface area (Å²) in [7, 11) is 3.18. The predicted molar refractivity (Wildman–Crippen MR) is 114 cm³/mol. The van der Waals surface area contributed by atoms with Crippen molar-refractivity contribution in [1.29, 1.82) is 0 Å². The fraction of sp³-hybridized carbons (Fsp3) is 0.304. The van der Waals surface area contributed by atoms with Crippen molar-refractivity contribution in [3.8, 4) is 11.5 Å². The monoisotopic (exact) mass is 409 g/mol. The number of pyridine rings is 1. The molecule has 1 fully saturated rings. The lowest BCUT2D eigenvalue weighted by molar-refractivity contribution is 0.0707. The number of carbonyl (C=O) groups excluding carboxylic acids is 1. The zero-order chi connectivity index (χ0) is 21.3. The van der Waals surface area contributed by atoms with Crippen LogP contribution in [0.15, 0.2) is 42.5 Å². The first-order valence-electron chi connectivity index (χ1n) is 9.87. The number of nitrogens with zero attached hydrogens (tertiary/aromatic N) is 2. The largest absolute Gasteiger partial charge is 0.493 e. The third-order valence-electron chi connectivity index (χ3n) is 5.65. The Labute approximate surface area is 174 Å². The zero-order valence-electron chi connectivity index (χ0n) is 17.0. The zero-order valence-corrected chi connectivity index (χ0v) is 17.0. The molecule has 30 heavy (non-hydrogen) atoms. The van der Waals surface area contributed by atoms with E-state index in [0.717, 1.165) is 29.4 Å². The lowest BCUT2D eigenvalue weighted by atomic mass is 9.91. The number of rotatable bonds is 4. The number of nitrogen functional groups attached to an aromatic ring is 1. The molecule has 0 saturated carbocycles. The second kappa shape index (κ2) is 8.18. The highest BCUT2D eigenvalue weighted by Gasteiger charge is 2.28. The summed E-state index contributed by atoms with van der Waals surface area (Å²) in [5.74, 6) is 0.599. The van der Waals surface area contributed by atoms with Crippen molar-refractivity contribution in [2.45, 2.75) is 18.8 Å². The Morgan fingerprint density at radius 1 is 1.10 bits per heavy atom. The average Bonchev–Trinajstić information content (AvgIpc) is 2.77. The van der Waals surface area contributed by atoms with E-state index in [4.69, 9.17) is 20.2 Å². The van der Waals surface area contributed by atoms with E-state index in [1.807, 2.05) is 18.2 Å². The molecule has 0 spiro atoms. The number of fused-ring (bicyclic) bond motifs is 1. The molecule has 1 saturated heterocycles. The van der Waals surface area contributed by atoms with Crippen LogP contribution in [-0.4, -0.2) is 43.1 Å². The highest BCUT2D eigenvalue weighted by molar-refractivity contribution is 5.94. The fourth-order valence-electron chi connectivity index (χ4n) is 4.02. The average molecular weight is 409 g/mol. The van der Waals surface area contributed by atoms with Gasteiger partial charge in [0.2, 0.25) is 0 Å². The molecule has 1 aliphatic rings. The number of amides is 1. The van der Waals surface area contributed by atoms with Gasteiger partial charge in [-0.15, -0.1) is 0 Å². The van der Waals surface area contributed by atoms with Gasteiger partial charge in [0.1, 0.15) is 5.82 Å². The molecule has 2 aromatic carbocycles. The Kier molecular flexibility index (Phi) is 5.44. The molecule has 2 N–H and O–H groups in total. The Morgan fingerprint density at radius 3 is 2.43 bits per heavy atom. The summed E-state index contributed by atoms with van der Waals surface area (Å²) in [4.78, 5) is 19.2. The number of halogens is 1. The highest BCUT2D eigenvalue weighted by Crippen LogP contribution is 2.36. The predicted octanol–water partition coefficient (Wildman–Crippen LogP) is 3.99. The molecule has 1 aromatic heterocycles. The van der Waals surface area contributed by atoms with E-state index in [1.54, 1.807) is 31.3 Å². The standard InChI is InChI=1S/C23H24FN3O3/c1-29-20-12-15-11-18(25)22(26-19(15)13-21(20)30-2)14-7-9-27(10-8-14)23(28)16-5-3-4-6-17(16)24/h3-6,11-14H,7-10,25H2,1-2H3. The third-order valence-corrected chi connectivity index (χ3v) is 5.65. The lowest BCUT2D eigenvalue weighted by Gasteiger charge is -2.32.